The minimum absolute atomic E-state index is 0. The fraction of sp³-hybridized carbons (Fsp3) is 0.562. The molecule has 2 bridgehead atoms. The lowest BCUT2D eigenvalue weighted by Gasteiger charge is -2.22. The van der Waals surface area contributed by atoms with E-state index < -0.39 is 0 Å². The standard InChI is InChI=1S/C16H21BrClN3O.HI/c1-19-16(21-14-9-12-3-5-15(14)22-12)20-7-6-10-8-11(18)2-4-13(10)17;/h2,4,8,12,14-15H,3,5-7,9H2,1H3,(H2,19,20,21);1H. The molecule has 0 radical (unpaired) electrons. The molecule has 0 amide bonds. The molecule has 128 valence electrons. The summed E-state index contributed by atoms with van der Waals surface area (Å²) >= 11 is 9.60. The third-order valence-corrected chi connectivity index (χ3v) is 5.35. The van der Waals surface area contributed by atoms with E-state index in [4.69, 9.17) is 16.3 Å². The summed E-state index contributed by atoms with van der Waals surface area (Å²) in [6.45, 7) is 0.806. The van der Waals surface area contributed by atoms with E-state index in [0.717, 1.165) is 41.3 Å². The molecular weight excluding hydrogens is 492 g/mol. The minimum Gasteiger partial charge on any atom is -0.373 e. The molecule has 1 aromatic rings. The average molecular weight is 515 g/mol. The Hall–Kier alpha value is -0.0500. The van der Waals surface area contributed by atoms with Crippen LogP contribution in [0.1, 0.15) is 24.8 Å². The zero-order valence-electron chi connectivity index (χ0n) is 13.0. The van der Waals surface area contributed by atoms with Crippen LogP contribution in [0, 0.1) is 0 Å². The Bertz CT molecular complexity index is 572. The van der Waals surface area contributed by atoms with E-state index in [1.807, 2.05) is 18.2 Å². The first-order valence-electron chi connectivity index (χ1n) is 7.72. The summed E-state index contributed by atoms with van der Waals surface area (Å²) in [6.07, 6.45) is 5.14. The van der Waals surface area contributed by atoms with E-state index >= 15 is 0 Å². The molecule has 4 nitrogen and oxygen atoms in total. The van der Waals surface area contributed by atoms with Crippen LogP contribution in [0.4, 0.5) is 0 Å². The number of ether oxygens (including phenoxy) is 1. The molecule has 0 saturated carbocycles. The summed E-state index contributed by atoms with van der Waals surface area (Å²) in [7, 11) is 1.80. The Kier molecular flexibility index (Phi) is 7.44. The Labute approximate surface area is 167 Å². The lowest BCUT2D eigenvalue weighted by Crippen LogP contribution is -2.47. The quantitative estimate of drug-likeness (QED) is 0.366. The van der Waals surface area contributed by atoms with Gasteiger partial charge in [0.25, 0.3) is 0 Å². The fourth-order valence-electron chi connectivity index (χ4n) is 3.21. The van der Waals surface area contributed by atoms with Gasteiger partial charge < -0.3 is 15.4 Å². The number of nitrogens with zero attached hydrogens (tertiary/aromatic N) is 1. The molecule has 0 spiro atoms. The Balaban J connectivity index is 0.00000192. The number of aliphatic imine (C=N–C) groups is 1. The first kappa shape index (κ1) is 19.3. The van der Waals surface area contributed by atoms with E-state index in [2.05, 4.69) is 31.6 Å². The van der Waals surface area contributed by atoms with Crippen LogP contribution in [0.25, 0.3) is 0 Å². The van der Waals surface area contributed by atoms with Crippen LogP contribution in [0.3, 0.4) is 0 Å². The van der Waals surface area contributed by atoms with Gasteiger partial charge >= 0.3 is 0 Å². The van der Waals surface area contributed by atoms with Crippen LogP contribution in [0.5, 0.6) is 0 Å². The van der Waals surface area contributed by atoms with Gasteiger partial charge in [0.15, 0.2) is 5.96 Å². The number of fused-ring (bicyclic) bond motifs is 2. The maximum absolute atomic E-state index is 6.04. The van der Waals surface area contributed by atoms with Crippen LogP contribution in [-0.4, -0.2) is 37.8 Å². The third-order valence-electron chi connectivity index (χ3n) is 4.35. The van der Waals surface area contributed by atoms with Crippen LogP contribution in [0.15, 0.2) is 27.7 Å². The first-order valence-corrected chi connectivity index (χ1v) is 8.89. The minimum atomic E-state index is 0. The highest BCUT2D eigenvalue weighted by atomic mass is 127. The molecule has 23 heavy (non-hydrogen) atoms. The number of rotatable bonds is 4. The van der Waals surface area contributed by atoms with Crippen molar-refractivity contribution in [1.29, 1.82) is 0 Å². The molecule has 7 heteroatoms. The van der Waals surface area contributed by atoms with Crippen molar-refractivity contribution in [3.8, 4) is 0 Å². The Morgan fingerprint density at radius 3 is 2.91 bits per heavy atom. The van der Waals surface area contributed by atoms with Crippen LogP contribution in [-0.2, 0) is 11.2 Å². The predicted octanol–water partition coefficient (Wildman–Crippen LogP) is 3.75. The molecule has 0 aromatic heterocycles. The molecule has 2 aliphatic rings. The number of halogens is 3. The zero-order chi connectivity index (χ0) is 15.5. The van der Waals surface area contributed by atoms with E-state index in [9.17, 15) is 0 Å². The van der Waals surface area contributed by atoms with Gasteiger partial charge in [-0.3, -0.25) is 4.99 Å². The Morgan fingerprint density at radius 1 is 1.43 bits per heavy atom. The topological polar surface area (TPSA) is 45.7 Å². The van der Waals surface area contributed by atoms with Crippen molar-refractivity contribution in [2.75, 3.05) is 13.6 Å². The summed E-state index contributed by atoms with van der Waals surface area (Å²) < 4.78 is 6.95. The van der Waals surface area contributed by atoms with Gasteiger partial charge in [0, 0.05) is 23.1 Å². The molecule has 2 saturated heterocycles. The third kappa shape index (κ3) is 4.96. The molecule has 0 aliphatic carbocycles. The number of benzene rings is 1. The van der Waals surface area contributed by atoms with E-state index in [1.165, 1.54) is 12.0 Å². The van der Waals surface area contributed by atoms with Gasteiger partial charge in [-0.25, -0.2) is 0 Å². The van der Waals surface area contributed by atoms with Crippen molar-refractivity contribution in [1.82, 2.24) is 10.6 Å². The highest BCUT2D eigenvalue weighted by Crippen LogP contribution is 2.34. The van der Waals surface area contributed by atoms with Crippen molar-refractivity contribution >= 4 is 57.5 Å². The smallest absolute Gasteiger partial charge is 0.191 e. The zero-order valence-corrected chi connectivity index (χ0v) is 17.7. The largest absolute Gasteiger partial charge is 0.373 e. The molecule has 3 unspecified atom stereocenters. The second kappa shape index (κ2) is 8.87. The molecule has 2 fully saturated rings. The molecule has 2 N–H and O–H groups in total. The van der Waals surface area contributed by atoms with Crippen molar-refractivity contribution < 1.29 is 4.74 Å². The van der Waals surface area contributed by atoms with Crippen molar-refractivity contribution in [3.05, 3.63) is 33.3 Å². The molecular formula is C16H22BrClIN3O. The number of hydrogen-bond acceptors (Lipinski definition) is 2. The molecule has 1 aromatic carbocycles. The SMILES string of the molecule is CN=C(NCCc1cc(Cl)ccc1Br)NC1CC2CCC1O2.I. The van der Waals surface area contributed by atoms with Crippen molar-refractivity contribution in [3.63, 3.8) is 0 Å². The highest BCUT2D eigenvalue weighted by Gasteiger charge is 2.41. The van der Waals surface area contributed by atoms with Crippen LogP contribution in [0.2, 0.25) is 5.02 Å². The lowest BCUT2D eigenvalue weighted by molar-refractivity contribution is 0.0992. The van der Waals surface area contributed by atoms with Gasteiger partial charge in [-0.2, -0.15) is 0 Å². The Morgan fingerprint density at radius 2 is 2.26 bits per heavy atom. The molecule has 2 aliphatic heterocycles. The summed E-state index contributed by atoms with van der Waals surface area (Å²) in [4.78, 5) is 4.31. The van der Waals surface area contributed by atoms with Gasteiger partial charge in [0.1, 0.15) is 0 Å². The number of nitrogens with one attached hydrogen (secondary N) is 2. The summed E-state index contributed by atoms with van der Waals surface area (Å²) in [6, 6.07) is 6.26. The maximum atomic E-state index is 6.04. The van der Waals surface area contributed by atoms with Crippen LogP contribution >= 0.6 is 51.5 Å². The maximum Gasteiger partial charge on any atom is 0.191 e. The van der Waals surface area contributed by atoms with E-state index in [0.29, 0.717) is 18.2 Å². The second-order valence-electron chi connectivity index (χ2n) is 5.85. The second-order valence-corrected chi connectivity index (χ2v) is 7.14. The highest BCUT2D eigenvalue weighted by molar-refractivity contribution is 14.0. The first-order chi connectivity index (χ1) is 10.7. The van der Waals surface area contributed by atoms with Gasteiger partial charge in [-0.1, -0.05) is 27.5 Å². The van der Waals surface area contributed by atoms with Gasteiger partial charge in [-0.15, -0.1) is 24.0 Å². The van der Waals surface area contributed by atoms with Gasteiger partial charge in [-0.05, 0) is 49.4 Å². The average Bonchev–Trinajstić information content (AvgIpc) is 3.12. The number of guanidine groups is 1. The summed E-state index contributed by atoms with van der Waals surface area (Å²) in [5.41, 5.74) is 1.19. The van der Waals surface area contributed by atoms with E-state index in [-0.39, 0.29) is 24.0 Å². The summed E-state index contributed by atoms with van der Waals surface area (Å²) in [5, 5.41) is 7.62. The lowest BCUT2D eigenvalue weighted by atomic mass is 9.96. The van der Waals surface area contributed by atoms with Gasteiger partial charge in [0.2, 0.25) is 0 Å². The van der Waals surface area contributed by atoms with Crippen LogP contribution < -0.4 is 10.6 Å². The predicted molar refractivity (Wildman–Crippen MR) is 109 cm³/mol. The fourth-order valence-corrected chi connectivity index (χ4v) is 3.85. The summed E-state index contributed by atoms with van der Waals surface area (Å²) in [5.74, 6) is 0.847. The monoisotopic (exact) mass is 513 g/mol. The molecule has 3 atom stereocenters. The van der Waals surface area contributed by atoms with Crippen molar-refractivity contribution in [2.45, 2.75) is 43.9 Å². The number of hydrogen-bond donors (Lipinski definition) is 2. The van der Waals surface area contributed by atoms with Crippen molar-refractivity contribution in [2.24, 2.45) is 4.99 Å². The van der Waals surface area contributed by atoms with Gasteiger partial charge in [0.05, 0.1) is 18.2 Å². The molecule has 3 rings (SSSR count). The molecule has 2 heterocycles. The normalized spacial score (nSPS) is 26.0. The van der Waals surface area contributed by atoms with E-state index in [1.54, 1.807) is 7.05 Å².